The molecule has 0 spiro atoms. The molecular weight excluding hydrogens is 318 g/mol. The first-order valence-electron chi connectivity index (χ1n) is 6.87. The van der Waals surface area contributed by atoms with Crippen LogP contribution in [-0.2, 0) is 0 Å². The highest BCUT2D eigenvalue weighted by Gasteiger charge is 2.21. The second kappa shape index (κ2) is 7.42. The van der Waals surface area contributed by atoms with Crippen LogP contribution in [0.4, 0.5) is 8.78 Å². The highest BCUT2D eigenvalue weighted by Crippen LogP contribution is 2.25. The van der Waals surface area contributed by atoms with E-state index in [0.29, 0.717) is 11.8 Å². The molecule has 0 aromatic heterocycles. The molecule has 0 heterocycles. The molecule has 2 aromatic carbocycles. The van der Waals surface area contributed by atoms with Crippen LogP contribution in [0.2, 0.25) is 0 Å². The molecule has 0 aliphatic rings. The molecule has 0 bridgehead atoms. The maximum atomic E-state index is 13.8. The summed E-state index contributed by atoms with van der Waals surface area (Å²) < 4.78 is 37.0. The molecule has 0 radical (unpaired) electrons. The lowest BCUT2D eigenvalue weighted by molar-refractivity contribution is 0.0941. The van der Waals surface area contributed by atoms with Crippen LogP contribution >= 0.6 is 0 Å². The summed E-state index contributed by atoms with van der Waals surface area (Å²) >= 11 is 0. The van der Waals surface area contributed by atoms with Crippen molar-refractivity contribution in [2.24, 2.45) is 0 Å². The first-order valence-corrected chi connectivity index (χ1v) is 6.87. The number of benzene rings is 2. The topological polar surface area (TPSA) is 71.3 Å². The van der Waals surface area contributed by atoms with Gasteiger partial charge in [0, 0.05) is 11.6 Å². The van der Waals surface area contributed by atoms with Crippen molar-refractivity contribution < 1.29 is 23.0 Å². The van der Waals surface area contributed by atoms with Crippen LogP contribution in [-0.4, -0.2) is 20.1 Å². The van der Waals surface area contributed by atoms with E-state index in [1.807, 2.05) is 0 Å². The van der Waals surface area contributed by atoms with Gasteiger partial charge in [0.1, 0.15) is 29.2 Å². The normalized spacial score (nSPS) is 11.3. The lowest BCUT2D eigenvalue weighted by Crippen LogP contribution is -2.28. The van der Waals surface area contributed by atoms with Gasteiger partial charge in [0.2, 0.25) is 0 Å². The van der Waals surface area contributed by atoms with Crippen molar-refractivity contribution in [2.45, 2.75) is 6.04 Å². The molecule has 0 saturated heterocycles. The number of halogens is 2. The summed E-state index contributed by atoms with van der Waals surface area (Å²) in [4.78, 5) is 12.4. The Kier molecular flexibility index (Phi) is 5.32. The summed E-state index contributed by atoms with van der Waals surface area (Å²) in [6.07, 6.45) is 0. The fraction of sp³-hybridized carbons (Fsp3) is 0.176. The van der Waals surface area contributed by atoms with Crippen LogP contribution in [0.25, 0.3) is 0 Å². The lowest BCUT2D eigenvalue weighted by Gasteiger charge is -2.15. The number of nitrogens with one attached hydrogen (secondary N) is 1. The van der Waals surface area contributed by atoms with Gasteiger partial charge in [-0.2, -0.15) is 5.26 Å². The standard InChI is InChI=1S/C17H14F2N2O3/c1-23-11-4-6-16(24-2)13(8-11)17(22)21-15(9-20)12-5-3-10(18)7-14(12)19/h3-8,15H,1-2H3,(H,21,22)/t15-/m0/s1. The molecule has 2 rings (SSSR count). The highest BCUT2D eigenvalue weighted by molar-refractivity contribution is 5.97. The van der Waals surface area contributed by atoms with Crippen LogP contribution in [0.5, 0.6) is 11.5 Å². The Labute approximate surface area is 137 Å². The van der Waals surface area contributed by atoms with E-state index in [2.05, 4.69) is 5.32 Å². The SMILES string of the molecule is COc1ccc(OC)c(C(=O)N[C@@H](C#N)c2ccc(F)cc2F)c1. The summed E-state index contributed by atoms with van der Waals surface area (Å²) in [6.45, 7) is 0. The molecule has 0 unspecified atom stereocenters. The average molecular weight is 332 g/mol. The minimum Gasteiger partial charge on any atom is -0.497 e. The smallest absolute Gasteiger partial charge is 0.256 e. The molecular formula is C17H14F2N2O3. The van der Waals surface area contributed by atoms with E-state index in [9.17, 15) is 18.8 Å². The zero-order chi connectivity index (χ0) is 17.7. The molecule has 1 atom stereocenters. The Bertz CT molecular complexity index is 803. The minimum absolute atomic E-state index is 0.125. The van der Waals surface area contributed by atoms with E-state index in [-0.39, 0.29) is 16.9 Å². The predicted octanol–water partition coefficient (Wildman–Crippen LogP) is 2.98. The van der Waals surface area contributed by atoms with Crippen LogP contribution in [0.15, 0.2) is 36.4 Å². The molecule has 24 heavy (non-hydrogen) atoms. The van der Waals surface area contributed by atoms with Gasteiger partial charge >= 0.3 is 0 Å². The van der Waals surface area contributed by atoms with Gasteiger partial charge in [-0.1, -0.05) is 6.07 Å². The van der Waals surface area contributed by atoms with Crippen LogP contribution in [0, 0.1) is 23.0 Å². The fourth-order valence-electron chi connectivity index (χ4n) is 2.12. The van der Waals surface area contributed by atoms with Gasteiger partial charge in [-0.05, 0) is 24.3 Å². The molecule has 0 aliphatic heterocycles. The Balaban J connectivity index is 2.32. The van der Waals surface area contributed by atoms with Crippen molar-refractivity contribution in [3.63, 3.8) is 0 Å². The molecule has 0 fully saturated rings. The quantitative estimate of drug-likeness (QED) is 0.914. The number of hydrogen-bond donors (Lipinski definition) is 1. The van der Waals surface area contributed by atoms with E-state index in [1.165, 1.54) is 26.4 Å². The molecule has 7 heteroatoms. The third-order valence-corrected chi connectivity index (χ3v) is 3.33. The minimum atomic E-state index is -1.28. The van der Waals surface area contributed by atoms with E-state index in [0.717, 1.165) is 12.1 Å². The fourth-order valence-corrected chi connectivity index (χ4v) is 2.12. The Hall–Kier alpha value is -3.14. The van der Waals surface area contributed by atoms with Gasteiger partial charge in [-0.3, -0.25) is 4.79 Å². The summed E-state index contributed by atoms with van der Waals surface area (Å²) in [5, 5.41) is 11.6. The highest BCUT2D eigenvalue weighted by atomic mass is 19.1. The van der Waals surface area contributed by atoms with Crippen LogP contribution < -0.4 is 14.8 Å². The number of nitriles is 1. The van der Waals surface area contributed by atoms with Crippen molar-refractivity contribution in [2.75, 3.05) is 14.2 Å². The second-order valence-electron chi connectivity index (χ2n) is 4.77. The number of rotatable bonds is 5. The molecule has 2 aromatic rings. The molecule has 0 aliphatic carbocycles. The zero-order valence-electron chi connectivity index (χ0n) is 13.0. The van der Waals surface area contributed by atoms with Gasteiger partial charge in [0.25, 0.3) is 5.91 Å². The Morgan fingerprint density at radius 3 is 2.50 bits per heavy atom. The number of carbonyl (C=O) groups is 1. The average Bonchev–Trinajstić information content (AvgIpc) is 2.59. The van der Waals surface area contributed by atoms with E-state index < -0.39 is 23.6 Å². The zero-order valence-corrected chi connectivity index (χ0v) is 13.0. The van der Waals surface area contributed by atoms with Gasteiger partial charge in [-0.15, -0.1) is 0 Å². The summed E-state index contributed by atoms with van der Waals surface area (Å²) in [5.74, 6) is -1.65. The van der Waals surface area contributed by atoms with E-state index in [4.69, 9.17) is 9.47 Å². The number of nitrogens with zero attached hydrogens (tertiary/aromatic N) is 1. The van der Waals surface area contributed by atoms with Crippen LogP contribution in [0.1, 0.15) is 22.0 Å². The molecule has 0 saturated carbocycles. The number of carbonyl (C=O) groups excluding carboxylic acids is 1. The van der Waals surface area contributed by atoms with Crippen molar-refractivity contribution in [3.05, 3.63) is 59.2 Å². The maximum Gasteiger partial charge on any atom is 0.256 e. The molecule has 124 valence electrons. The van der Waals surface area contributed by atoms with E-state index >= 15 is 0 Å². The van der Waals surface area contributed by atoms with Crippen molar-refractivity contribution in [1.29, 1.82) is 5.26 Å². The molecule has 1 amide bonds. The second-order valence-corrected chi connectivity index (χ2v) is 4.77. The van der Waals surface area contributed by atoms with Gasteiger partial charge in [0.15, 0.2) is 0 Å². The number of hydrogen-bond acceptors (Lipinski definition) is 4. The number of amides is 1. The van der Waals surface area contributed by atoms with Crippen molar-refractivity contribution in [3.8, 4) is 17.6 Å². The van der Waals surface area contributed by atoms with Crippen molar-refractivity contribution in [1.82, 2.24) is 5.32 Å². The van der Waals surface area contributed by atoms with Gasteiger partial charge in [-0.25, -0.2) is 8.78 Å². The number of ether oxygens (including phenoxy) is 2. The van der Waals surface area contributed by atoms with Crippen LogP contribution in [0.3, 0.4) is 0 Å². The Morgan fingerprint density at radius 1 is 1.17 bits per heavy atom. The Morgan fingerprint density at radius 2 is 1.92 bits per heavy atom. The molecule has 5 nitrogen and oxygen atoms in total. The van der Waals surface area contributed by atoms with E-state index in [1.54, 1.807) is 12.1 Å². The first kappa shape index (κ1) is 17.2. The van der Waals surface area contributed by atoms with Gasteiger partial charge in [0.05, 0.1) is 25.9 Å². The number of methoxy groups -OCH3 is 2. The molecule has 1 N–H and O–H groups in total. The largest absolute Gasteiger partial charge is 0.497 e. The predicted molar refractivity (Wildman–Crippen MR) is 81.7 cm³/mol. The van der Waals surface area contributed by atoms with Crippen molar-refractivity contribution >= 4 is 5.91 Å². The lowest BCUT2D eigenvalue weighted by atomic mass is 10.1. The first-order chi connectivity index (χ1) is 11.5. The van der Waals surface area contributed by atoms with Gasteiger partial charge < -0.3 is 14.8 Å². The summed E-state index contributed by atoms with van der Waals surface area (Å²) in [5.41, 5.74) is -0.00580. The third-order valence-electron chi connectivity index (χ3n) is 3.33. The maximum absolute atomic E-state index is 13.8. The monoisotopic (exact) mass is 332 g/mol. The summed E-state index contributed by atoms with van der Waals surface area (Å²) in [6, 6.07) is 7.85. The third kappa shape index (κ3) is 3.60. The summed E-state index contributed by atoms with van der Waals surface area (Å²) in [7, 11) is 2.83.